The number of hydrogen-bond donors (Lipinski definition) is 0. The summed E-state index contributed by atoms with van der Waals surface area (Å²) in [5, 5.41) is 0.167. The van der Waals surface area contributed by atoms with E-state index in [0.717, 1.165) is 5.92 Å². The minimum absolute atomic E-state index is 0.167. The maximum absolute atomic E-state index is 6.00. The fraction of sp³-hybridized carbons (Fsp3) is 1.00. The third kappa shape index (κ3) is 2.03. The van der Waals surface area contributed by atoms with Gasteiger partial charge in [0.1, 0.15) is 0 Å². The van der Waals surface area contributed by atoms with Crippen LogP contribution >= 0.6 is 0 Å². The highest BCUT2D eigenvalue weighted by Crippen LogP contribution is 2.46. The molecule has 0 aromatic carbocycles. The second-order valence-electron chi connectivity index (χ2n) is 4.05. The van der Waals surface area contributed by atoms with Crippen molar-refractivity contribution in [1.29, 1.82) is 0 Å². The monoisotopic (exact) mass is 136 g/mol. The van der Waals surface area contributed by atoms with Crippen LogP contribution in [0.4, 0.5) is 0 Å². The molecule has 0 aromatic heterocycles. The first-order valence-corrected chi connectivity index (χ1v) is 4.43. The maximum atomic E-state index is 6.00. The molecule has 1 saturated carbocycles. The summed E-state index contributed by atoms with van der Waals surface area (Å²) in [5.74, 6) is 0.931. The fourth-order valence-electron chi connectivity index (χ4n) is 2.05. The average molecular weight is 136 g/mol. The van der Waals surface area contributed by atoms with E-state index in [4.69, 9.17) is 7.85 Å². The second-order valence-corrected chi connectivity index (χ2v) is 4.05. The highest BCUT2D eigenvalue weighted by Gasteiger charge is 2.29. The summed E-state index contributed by atoms with van der Waals surface area (Å²) in [5.41, 5.74) is 0. The summed E-state index contributed by atoms with van der Waals surface area (Å²) in [7, 11) is 6.00. The van der Waals surface area contributed by atoms with E-state index < -0.39 is 0 Å². The van der Waals surface area contributed by atoms with Crippen molar-refractivity contribution in [3.63, 3.8) is 0 Å². The highest BCUT2D eigenvalue weighted by molar-refractivity contribution is 6.15. The van der Waals surface area contributed by atoms with Crippen molar-refractivity contribution >= 4 is 7.85 Å². The Bertz CT molecular complexity index is 107. The Balaban J connectivity index is 2.29. The van der Waals surface area contributed by atoms with Crippen molar-refractivity contribution < 1.29 is 0 Å². The third-order valence-corrected chi connectivity index (χ3v) is 2.58. The summed E-state index contributed by atoms with van der Waals surface area (Å²) >= 11 is 0. The quantitative estimate of drug-likeness (QED) is 0.512. The van der Waals surface area contributed by atoms with Crippen LogP contribution in [0.15, 0.2) is 0 Å². The van der Waals surface area contributed by atoms with Crippen molar-refractivity contribution in [3.05, 3.63) is 0 Å². The zero-order valence-corrected chi connectivity index (χ0v) is 7.19. The largest absolute Gasteiger partial charge is 0.0742 e. The average Bonchev–Trinajstić information content (AvgIpc) is 2.12. The predicted molar refractivity (Wildman–Crippen MR) is 46.4 cm³/mol. The predicted octanol–water partition coefficient (Wildman–Crippen LogP) is 2.93. The van der Waals surface area contributed by atoms with Gasteiger partial charge in [0.25, 0.3) is 0 Å². The van der Waals surface area contributed by atoms with Gasteiger partial charge in [0.05, 0.1) is 7.85 Å². The van der Waals surface area contributed by atoms with E-state index >= 15 is 0 Å². The molecule has 1 aliphatic carbocycles. The van der Waals surface area contributed by atoms with Crippen LogP contribution in [-0.2, 0) is 0 Å². The molecule has 1 aliphatic rings. The molecule has 10 heavy (non-hydrogen) atoms. The molecule has 2 radical (unpaired) electrons. The molecule has 0 aromatic rings. The van der Waals surface area contributed by atoms with E-state index in [9.17, 15) is 0 Å². The Morgan fingerprint density at radius 1 is 1.60 bits per heavy atom. The first-order chi connectivity index (χ1) is 4.64. The van der Waals surface area contributed by atoms with Crippen molar-refractivity contribution in [2.45, 2.75) is 51.3 Å². The van der Waals surface area contributed by atoms with Crippen LogP contribution in [0.5, 0.6) is 0 Å². The Labute approximate surface area is 65.8 Å². The molecular formula is C9H17B. The van der Waals surface area contributed by atoms with Gasteiger partial charge in [0.15, 0.2) is 0 Å². The Hall–Kier alpha value is 0.0649. The summed E-state index contributed by atoms with van der Waals surface area (Å²) in [4.78, 5) is 0. The smallest absolute Gasteiger partial charge is 0.0686 e. The lowest BCUT2D eigenvalue weighted by Gasteiger charge is -2.16. The summed E-state index contributed by atoms with van der Waals surface area (Å²) in [6.45, 7) is 4.44. The van der Waals surface area contributed by atoms with Gasteiger partial charge in [-0.1, -0.05) is 51.3 Å². The van der Waals surface area contributed by atoms with Gasteiger partial charge in [-0.2, -0.15) is 0 Å². The molecule has 0 heterocycles. The molecule has 0 N–H and O–H groups in total. The summed E-state index contributed by atoms with van der Waals surface area (Å²) in [6.07, 6.45) is 6.55. The molecule has 0 amide bonds. The normalized spacial score (nSPS) is 40.4. The van der Waals surface area contributed by atoms with Crippen molar-refractivity contribution in [1.82, 2.24) is 0 Å². The Kier molecular flexibility index (Phi) is 2.43. The van der Waals surface area contributed by atoms with E-state index in [0.29, 0.717) is 0 Å². The van der Waals surface area contributed by atoms with Crippen LogP contribution in [0.2, 0.25) is 5.31 Å². The Morgan fingerprint density at radius 3 is 2.70 bits per heavy atom. The lowest BCUT2D eigenvalue weighted by Crippen LogP contribution is -2.02. The van der Waals surface area contributed by atoms with Crippen LogP contribution in [0, 0.1) is 5.92 Å². The first-order valence-electron chi connectivity index (χ1n) is 4.43. The standard InChI is InChI=1S/C9H17B/c1-3-4-8-5-6-9(2,10)7-8/h8H,3-7H2,1-2H3/t8?,9-/m1/s1. The van der Waals surface area contributed by atoms with Gasteiger partial charge in [-0.15, -0.1) is 0 Å². The molecule has 2 atom stereocenters. The summed E-state index contributed by atoms with van der Waals surface area (Å²) < 4.78 is 0. The lowest BCUT2D eigenvalue weighted by molar-refractivity contribution is 0.480. The zero-order valence-electron chi connectivity index (χ0n) is 7.19. The molecule has 1 rings (SSSR count). The van der Waals surface area contributed by atoms with E-state index in [1.54, 1.807) is 0 Å². The van der Waals surface area contributed by atoms with Gasteiger partial charge in [-0.3, -0.25) is 0 Å². The van der Waals surface area contributed by atoms with Crippen molar-refractivity contribution in [2.24, 2.45) is 5.92 Å². The maximum Gasteiger partial charge on any atom is 0.0742 e. The summed E-state index contributed by atoms with van der Waals surface area (Å²) in [6, 6.07) is 0. The van der Waals surface area contributed by atoms with Gasteiger partial charge < -0.3 is 0 Å². The number of hydrogen-bond acceptors (Lipinski definition) is 0. The van der Waals surface area contributed by atoms with Crippen LogP contribution in [0.1, 0.15) is 46.0 Å². The molecule has 56 valence electrons. The van der Waals surface area contributed by atoms with Gasteiger partial charge in [0, 0.05) is 0 Å². The fourth-order valence-corrected chi connectivity index (χ4v) is 2.05. The molecule has 0 spiro atoms. The number of rotatable bonds is 2. The zero-order chi connectivity index (χ0) is 7.61. The molecule has 0 nitrogen and oxygen atoms in total. The second kappa shape index (κ2) is 2.98. The third-order valence-electron chi connectivity index (χ3n) is 2.58. The van der Waals surface area contributed by atoms with Crippen LogP contribution in [0.3, 0.4) is 0 Å². The molecule has 1 heteroatoms. The SMILES string of the molecule is [B][C@]1(C)CCC(CCC)C1. The van der Waals surface area contributed by atoms with Crippen molar-refractivity contribution in [2.75, 3.05) is 0 Å². The molecule has 1 fully saturated rings. The van der Waals surface area contributed by atoms with Gasteiger partial charge >= 0.3 is 0 Å². The van der Waals surface area contributed by atoms with E-state index in [2.05, 4.69) is 13.8 Å². The van der Waals surface area contributed by atoms with Crippen LogP contribution < -0.4 is 0 Å². The Morgan fingerprint density at radius 2 is 2.30 bits per heavy atom. The molecule has 0 bridgehead atoms. The minimum Gasteiger partial charge on any atom is -0.0686 e. The van der Waals surface area contributed by atoms with Gasteiger partial charge in [0.2, 0.25) is 0 Å². The first kappa shape index (κ1) is 8.16. The molecular weight excluding hydrogens is 119 g/mol. The van der Waals surface area contributed by atoms with E-state index in [1.165, 1.54) is 32.1 Å². The molecule has 0 aliphatic heterocycles. The topological polar surface area (TPSA) is 0 Å². The lowest BCUT2D eigenvalue weighted by atomic mass is 9.69. The van der Waals surface area contributed by atoms with Gasteiger partial charge in [-0.05, 0) is 5.92 Å². The van der Waals surface area contributed by atoms with Crippen LogP contribution in [-0.4, -0.2) is 7.85 Å². The molecule has 0 saturated heterocycles. The van der Waals surface area contributed by atoms with E-state index in [-0.39, 0.29) is 5.31 Å². The van der Waals surface area contributed by atoms with Crippen molar-refractivity contribution in [3.8, 4) is 0 Å². The highest BCUT2D eigenvalue weighted by atomic mass is 14.3. The van der Waals surface area contributed by atoms with E-state index in [1.807, 2.05) is 0 Å². The minimum atomic E-state index is 0.167. The molecule has 1 unspecified atom stereocenters. The van der Waals surface area contributed by atoms with Crippen LogP contribution in [0.25, 0.3) is 0 Å². The van der Waals surface area contributed by atoms with Gasteiger partial charge in [-0.25, -0.2) is 0 Å².